The lowest BCUT2D eigenvalue weighted by Gasteiger charge is -2.12. The number of methoxy groups -OCH3 is 1. The second-order valence-electron chi connectivity index (χ2n) is 4.77. The number of rotatable bonds is 7. The predicted molar refractivity (Wildman–Crippen MR) is 86.0 cm³/mol. The summed E-state index contributed by atoms with van der Waals surface area (Å²) in [7, 11) is 3.48. The highest BCUT2D eigenvalue weighted by Crippen LogP contribution is 2.22. The zero-order chi connectivity index (χ0) is 15.1. The molecule has 0 amide bonds. The van der Waals surface area contributed by atoms with Crippen LogP contribution in [-0.4, -0.2) is 24.1 Å². The summed E-state index contributed by atoms with van der Waals surface area (Å²) in [6.07, 6.45) is 2.15. The number of para-hydroxylation sites is 1. The molecular weight excluding hydrogens is 264 g/mol. The lowest BCUT2D eigenvalue weighted by Crippen LogP contribution is -2.05. The van der Waals surface area contributed by atoms with Gasteiger partial charge < -0.3 is 15.4 Å². The van der Waals surface area contributed by atoms with Crippen molar-refractivity contribution < 1.29 is 4.74 Å². The number of hydrogen-bond acceptors (Lipinski definition) is 5. The van der Waals surface area contributed by atoms with Crippen LogP contribution in [0.1, 0.15) is 24.7 Å². The van der Waals surface area contributed by atoms with Crippen molar-refractivity contribution in [2.75, 3.05) is 24.8 Å². The van der Waals surface area contributed by atoms with Crippen LogP contribution in [0.15, 0.2) is 30.3 Å². The zero-order valence-electron chi connectivity index (χ0n) is 12.8. The first-order valence-electron chi connectivity index (χ1n) is 7.16. The Bertz CT molecular complexity index is 586. The van der Waals surface area contributed by atoms with Crippen molar-refractivity contribution in [1.29, 1.82) is 0 Å². The SMILES string of the molecule is CCCc1ccccc1Nc1cc(NC)nc(COC)n1. The molecule has 0 radical (unpaired) electrons. The lowest BCUT2D eigenvalue weighted by molar-refractivity contribution is 0.178. The molecule has 1 aromatic carbocycles. The van der Waals surface area contributed by atoms with Gasteiger partial charge in [-0.15, -0.1) is 0 Å². The minimum Gasteiger partial charge on any atom is -0.377 e. The molecule has 1 heterocycles. The van der Waals surface area contributed by atoms with E-state index in [0.29, 0.717) is 12.4 Å². The molecule has 2 rings (SSSR count). The van der Waals surface area contributed by atoms with Gasteiger partial charge in [-0.3, -0.25) is 0 Å². The molecule has 0 aliphatic rings. The molecule has 0 aliphatic heterocycles. The summed E-state index contributed by atoms with van der Waals surface area (Å²) in [5.41, 5.74) is 2.38. The molecule has 0 fully saturated rings. The fraction of sp³-hybridized carbons (Fsp3) is 0.375. The van der Waals surface area contributed by atoms with E-state index in [1.807, 2.05) is 19.2 Å². The lowest BCUT2D eigenvalue weighted by atomic mass is 10.1. The van der Waals surface area contributed by atoms with Crippen LogP contribution in [0, 0.1) is 0 Å². The Balaban J connectivity index is 2.28. The van der Waals surface area contributed by atoms with Crippen molar-refractivity contribution in [1.82, 2.24) is 9.97 Å². The summed E-state index contributed by atoms with van der Waals surface area (Å²) < 4.78 is 5.11. The van der Waals surface area contributed by atoms with Gasteiger partial charge in [-0.25, -0.2) is 9.97 Å². The van der Waals surface area contributed by atoms with Gasteiger partial charge in [0.2, 0.25) is 0 Å². The van der Waals surface area contributed by atoms with Crippen molar-refractivity contribution in [2.24, 2.45) is 0 Å². The van der Waals surface area contributed by atoms with Crippen molar-refractivity contribution in [2.45, 2.75) is 26.4 Å². The van der Waals surface area contributed by atoms with Gasteiger partial charge in [0.05, 0.1) is 0 Å². The minimum absolute atomic E-state index is 0.390. The van der Waals surface area contributed by atoms with E-state index in [1.165, 1.54) is 5.56 Å². The summed E-state index contributed by atoms with van der Waals surface area (Å²) in [6, 6.07) is 10.2. The largest absolute Gasteiger partial charge is 0.377 e. The second-order valence-corrected chi connectivity index (χ2v) is 4.77. The number of nitrogens with zero attached hydrogens (tertiary/aromatic N) is 2. The number of aryl methyl sites for hydroxylation is 1. The van der Waals surface area contributed by atoms with Crippen LogP contribution in [0.25, 0.3) is 0 Å². The van der Waals surface area contributed by atoms with Crippen LogP contribution in [0.4, 0.5) is 17.3 Å². The smallest absolute Gasteiger partial charge is 0.158 e. The van der Waals surface area contributed by atoms with E-state index in [9.17, 15) is 0 Å². The molecule has 2 N–H and O–H groups in total. The van der Waals surface area contributed by atoms with E-state index >= 15 is 0 Å². The van der Waals surface area contributed by atoms with Gasteiger partial charge in [-0.1, -0.05) is 31.5 Å². The van der Waals surface area contributed by atoms with Crippen LogP contribution in [0.2, 0.25) is 0 Å². The molecule has 2 aromatic rings. The molecule has 0 aliphatic carbocycles. The Hall–Kier alpha value is -2.14. The first-order valence-corrected chi connectivity index (χ1v) is 7.16. The third kappa shape index (κ3) is 4.16. The van der Waals surface area contributed by atoms with E-state index < -0.39 is 0 Å². The normalized spacial score (nSPS) is 10.4. The molecule has 5 nitrogen and oxygen atoms in total. The predicted octanol–water partition coefficient (Wildman–Crippen LogP) is 3.36. The Morgan fingerprint density at radius 2 is 1.90 bits per heavy atom. The maximum atomic E-state index is 5.11. The molecule has 0 saturated heterocycles. The third-order valence-electron chi connectivity index (χ3n) is 3.10. The molecule has 1 aromatic heterocycles. The molecule has 112 valence electrons. The summed E-state index contributed by atoms with van der Waals surface area (Å²) in [6.45, 7) is 2.57. The third-order valence-corrected chi connectivity index (χ3v) is 3.10. The van der Waals surface area contributed by atoms with E-state index in [-0.39, 0.29) is 0 Å². The van der Waals surface area contributed by atoms with Gasteiger partial charge in [0.1, 0.15) is 18.2 Å². The van der Waals surface area contributed by atoms with Crippen LogP contribution < -0.4 is 10.6 Å². The minimum atomic E-state index is 0.390. The number of nitrogens with one attached hydrogen (secondary N) is 2. The topological polar surface area (TPSA) is 59.1 Å². The maximum Gasteiger partial charge on any atom is 0.158 e. The highest BCUT2D eigenvalue weighted by Gasteiger charge is 2.06. The van der Waals surface area contributed by atoms with E-state index in [1.54, 1.807) is 7.11 Å². The molecule has 0 atom stereocenters. The van der Waals surface area contributed by atoms with Crippen LogP contribution in [0.5, 0.6) is 0 Å². The van der Waals surface area contributed by atoms with Crippen LogP contribution in [0.3, 0.4) is 0 Å². The van der Waals surface area contributed by atoms with Crippen molar-refractivity contribution in [3.63, 3.8) is 0 Å². The Morgan fingerprint density at radius 1 is 1.14 bits per heavy atom. The number of ether oxygens (including phenoxy) is 1. The Morgan fingerprint density at radius 3 is 2.62 bits per heavy atom. The van der Waals surface area contributed by atoms with Gasteiger partial charge in [-0.2, -0.15) is 0 Å². The van der Waals surface area contributed by atoms with Crippen molar-refractivity contribution in [3.05, 3.63) is 41.7 Å². The quantitative estimate of drug-likeness (QED) is 0.817. The number of anilines is 3. The molecule has 0 bridgehead atoms. The average Bonchev–Trinajstić information content (AvgIpc) is 2.49. The standard InChI is InChI=1S/C16H22N4O/c1-4-7-12-8-5-6-9-13(12)18-15-10-14(17-2)19-16(20-15)11-21-3/h5-6,8-10H,4,7,11H2,1-3H3,(H2,17,18,19,20). The van der Waals surface area contributed by atoms with Crippen LogP contribution >= 0.6 is 0 Å². The number of hydrogen-bond donors (Lipinski definition) is 2. The number of benzene rings is 1. The average molecular weight is 286 g/mol. The van der Waals surface area contributed by atoms with Crippen molar-refractivity contribution >= 4 is 17.3 Å². The zero-order valence-corrected chi connectivity index (χ0v) is 12.8. The van der Waals surface area contributed by atoms with Gasteiger partial charge in [0, 0.05) is 25.9 Å². The maximum absolute atomic E-state index is 5.11. The Labute approximate surface area is 125 Å². The fourth-order valence-corrected chi connectivity index (χ4v) is 2.15. The fourth-order valence-electron chi connectivity index (χ4n) is 2.15. The highest BCUT2D eigenvalue weighted by atomic mass is 16.5. The Kier molecular flexibility index (Phi) is 5.51. The number of aromatic nitrogens is 2. The molecule has 0 unspecified atom stereocenters. The molecular formula is C16H22N4O. The van der Waals surface area contributed by atoms with Gasteiger partial charge in [0.25, 0.3) is 0 Å². The monoisotopic (exact) mass is 286 g/mol. The summed E-state index contributed by atoms with van der Waals surface area (Å²) in [5, 5.41) is 6.43. The van der Waals surface area contributed by atoms with E-state index in [0.717, 1.165) is 30.2 Å². The summed E-state index contributed by atoms with van der Waals surface area (Å²) in [5.74, 6) is 2.19. The first-order chi connectivity index (χ1) is 10.3. The van der Waals surface area contributed by atoms with E-state index in [4.69, 9.17) is 4.74 Å². The molecule has 21 heavy (non-hydrogen) atoms. The molecule has 5 heteroatoms. The van der Waals surface area contributed by atoms with E-state index in [2.05, 4.69) is 45.7 Å². The van der Waals surface area contributed by atoms with Crippen LogP contribution in [-0.2, 0) is 17.8 Å². The second kappa shape index (κ2) is 7.59. The highest BCUT2D eigenvalue weighted by molar-refractivity contribution is 5.62. The summed E-state index contributed by atoms with van der Waals surface area (Å²) >= 11 is 0. The van der Waals surface area contributed by atoms with Gasteiger partial charge in [0.15, 0.2) is 5.82 Å². The molecule has 0 spiro atoms. The van der Waals surface area contributed by atoms with Crippen molar-refractivity contribution in [3.8, 4) is 0 Å². The van der Waals surface area contributed by atoms with Gasteiger partial charge in [-0.05, 0) is 18.1 Å². The van der Waals surface area contributed by atoms with Gasteiger partial charge >= 0.3 is 0 Å². The summed E-state index contributed by atoms with van der Waals surface area (Å²) in [4.78, 5) is 8.84. The first kappa shape index (κ1) is 15.3. The molecule has 0 saturated carbocycles.